The third-order valence-electron chi connectivity index (χ3n) is 0.674. The van der Waals surface area contributed by atoms with Crippen LogP contribution in [0.3, 0.4) is 0 Å². The molecule has 0 unspecified atom stereocenters. The Morgan fingerprint density at radius 2 is 2.33 bits per heavy atom. The molecule has 0 aromatic rings. The summed E-state index contributed by atoms with van der Waals surface area (Å²) in [6, 6.07) is 0. The molecule has 0 aromatic carbocycles. The van der Waals surface area contributed by atoms with Crippen LogP contribution in [0, 0.1) is 0 Å². The largest absolute Gasteiger partial charge is 0.393 e. The highest BCUT2D eigenvalue weighted by Crippen LogP contribution is 2.21. The molecule has 1 N–H and O–H groups in total. The van der Waals surface area contributed by atoms with E-state index >= 15 is 0 Å². The number of allylic oxidation sites excluding steroid dienone is 2. The smallest absolute Gasteiger partial charge is 0.0478 e. The van der Waals surface area contributed by atoms with Gasteiger partial charge in [0.2, 0.25) is 0 Å². The van der Waals surface area contributed by atoms with Gasteiger partial charge in [0, 0.05) is 21.9 Å². The first-order valence-corrected chi connectivity index (χ1v) is 5.31. The fourth-order valence-electron chi connectivity index (χ4n) is 0.316. The summed E-state index contributed by atoms with van der Waals surface area (Å²) < 4.78 is 4.84. The fraction of sp³-hybridized carbons (Fsp3) is 0.167. The molecule has 0 fully saturated rings. The zero-order chi connectivity index (χ0) is 7.28. The molecule has 0 heterocycles. The van der Waals surface area contributed by atoms with Crippen LogP contribution in [0.1, 0.15) is 0 Å². The summed E-state index contributed by atoms with van der Waals surface area (Å²) in [6.07, 6.45) is 1.84. The van der Waals surface area contributed by atoms with Crippen molar-refractivity contribution >= 4 is 36.8 Å². The van der Waals surface area contributed by atoms with Crippen LogP contribution < -0.4 is 5.32 Å². The van der Waals surface area contributed by atoms with E-state index in [0.717, 1.165) is 3.58 Å². The molecule has 0 atom stereocenters. The average molecular weight is 258 g/mol. The van der Waals surface area contributed by atoms with E-state index in [1.165, 1.54) is 0 Å². The maximum Gasteiger partial charge on any atom is 0.0478 e. The van der Waals surface area contributed by atoms with E-state index in [1.54, 1.807) is 0 Å². The van der Waals surface area contributed by atoms with Gasteiger partial charge in [-0.25, -0.2) is 0 Å². The molecule has 0 saturated heterocycles. The lowest BCUT2D eigenvalue weighted by molar-refractivity contribution is 1.10. The number of hydrogen-bond acceptors (Lipinski definition) is 1. The zero-order valence-electron chi connectivity index (χ0n) is 5.25. The van der Waals surface area contributed by atoms with Crippen molar-refractivity contribution in [3.05, 3.63) is 21.4 Å². The van der Waals surface area contributed by atoms with Crippen molar-refractivity contribution in [3.8, 4) is 0 Å². The molecule has 0 radical (unpaired) electrons. The van der Waals surface area contributed by atoms with Crippen molar-refractivity contribution in [1.29, 1.82) is 0 Å². The van der Waals surface area contributed by atoms with Crippen LogP contribution in [0.25, 0.3) is 0 Å². The first-order chi connectivity index (χ1) is 4.22. The van der Waals surface area contributed by atoms with Crippen molar-refractivity contribution in [2.24, 2.45) is 0 Å². The molecule has 9 heavy (non-hydrogen) atoms. The van der Waals surface area contributed by atoms with Gasteiger partial charge in [-0.3, -0.25) is 0 Å². The molecule has 3 heteroatoms. The van der Waals surface area contributed by atoms with Gasteiger partial charge in [0.15, 0.2) is 0 Å². The molecular weight excluding hydrogens is 248 g/mol. The second-order valence-electron chi connectivity index (χ2n) is 1.32. The van der Waals surface area contributed by atoms with E-state index in [4.69, 9.17) is 11.6 Å². The third kappa shape index (κ3) is 3.70. The molecule has 0 rings (SSSR count). The van der Waals surface area contributed by atoms with Crippen molar-refractivity contribution in [2.45, 2.75) is 0 Å². The quantitative estimate of drug-likeness (QED) is 0.604. The SMILES string of the molecule is C=I/C(=C/NC)C(=C)Cl. The molecule has 1 nitrogen and oxygen atoms in total. The number of nitrogens with one attached hydrogen (secondary N) is 1. The van der Waals surface area contributed by atoms with E-state index in [9.17, 15) is 0 Å². The second-order valence-corrected chi connectivity index (χ2v) is 3.70. The number of rotatable bonds is 3. The van der Waals surface area contributed by atoms with E-state index in [1.807, 2.05) is 13.2 Å². The van der Waals surface area contributed by atoms with Gasteiger partial charge in [0.25, 0.3) is 0 Å². The Labute approximate surface area is 70.5 Å². The topological polar surface area (TPSA) is 12.0 Å². The van der Waals surface area contributed by atoms with E-state index in [0.29, 0.717) is 5.03 Å². The minimum absolute atomic E-state index is 0.188. The predicted octanol–water partition coefficient (Wildman–Crippen LogP) is 2.20. The number of hydrogen-bond donors (Lipinski definition) is 1. The van der Waals surface area contributed by atoms with Crippen LogP contribution in [0.15, 0.2) is 21.4 Å². The number of halogens is 2. The van der Waals surface area contributed by atoms with Crippen LogP contribution >= 0.6 is 32.3 Å². The van der Waals surface area contributed by atoms with Gasteiger partial charge in [0.05, 0.1) is 0 Å². The molecule has 0 aliphatic carbocycles. The second kappa shape index (κ2) is 4.99. The summed E-state index contributed by atoms with van der Waals surface area (Å²) in [5.74, 6) is 0. The lowest BCUT2D eigenvalue weighted by atomic mass is 10.6. The van der Waals surface area contributed by atoms with Crippen LogP contribution in [-0.2, 0) is 0 Å². The Bertz CT molecular complexity index is 151. The van der Waals surface area contributed by atoms with Crippen LogP contribution in [0.5, 0.6) is 0 Å². The highest BCUT2D eigenvalue weighted by Gasteiger charge is 1.91. The Morgan fingerprint density at radius 3 is 2.44 bits per heavy atom. The molecular formula is C6H9ClIN. The summed E-state index contributed by atoms with van der Waals surface area (Å²) in [4.78, 5) is 0. The zero-order valence-corrected chi connectivity index (χ0v) is 8.16. The van der Waals surface area contributed by atoms with Crippen LogP contribution in [-0.4, -0.2) is 11.6 Å². The lowest BCUT2D eigenvalue weighted by Crippen LogP contribution is -1.92. The van der Waals surface area contributed by atoms with E-state index < -0.39 is 0 Å². The molecule has 0 aliphatic heterocycles. The molecule has 0 aliphatic rings. The van der Waals surface area contributed by atoms with Crippen molar-refractivity contribution in [3.63, 3.8) is 0 Å². The molecule has 0 saturated carbocycles. The Morgan fingerprint density at radius 1 is 1.78 bits per heavy atom. The van der Waals surface area contributed by atoms with E-state index in [-0.39, 0.29) is 20.7 Å². The van der Waals surface area contributed by atoms with Gasteiger partial charge < -0.3 is 5.32 Å². The Balaban J connectivity index is 4.14. The summed E-state index contributed by atoms with van der Waals surface area (Å²) in [6.45, 7) is 3.59. The molecule has 0 amide bonds. The molecule has 0 bridgehead atoms. The van der Waals surface area contributed by atoms with Gasteiger partial charge >= 0.3 is 0 Å². The summed E-state index contributed by atoms with van der Waals surface area (Å²) in [5.41, 5.74) is 0. The normalized spacial score (nSPS) is 11.1. The van der Waals surface area contributed by atoms with Gasteiger partial charge in [-0.15, -0.1) is 0 Å². The van der Waals surface area contributed by atoms with Gasteiger partial charge in [-0.2, -0.15) is 0 Å². The van der Waals surface area contributed by atoms with Gasteiger partial charge in [-0.1, -0.05) is 43.4 Å². The predicted molar refractivity (Wildman–Crippen MR) is 53.3 cm³/mol. The molecule has 0 aromatic heterocycles. The summed E-state index contributed by atoms with van der Waals surface area (Å²) >= 11 is 5.42. The molecule has 52 valence electrons. The molecule has 0 spiro atoms. The first-order valence-electron chi connectivity index (χ1n) is 2.33. The first kappa shape index (κ1) is 9.17. The minimum Gasteiger partial charge on any atom is -0.393 e. The summed E-state index contributed by atoms with van der Waals surface area (Å²) in [5, 5.41) is 3.48. The Kier molecular flexibility index (Phi) is 5.09. The van der Waals surface area contributed by atoms with Crippen molar-refractivity contribution in [1.82, 2.24) is 5.32 Å². The van der Waals surface area contributed by atoms with Crippen LogP contribution in [0.4, 0.5) is 0 Å². The Hall–Kier alpha value is 0.170. The fourth-order valence-corrected chi connectivity index (χ4v) is 1.65. The average Bonchev–Trinajstić information content (AvgIpc) is 1.82. The maximum atomic E-state index is 5.61. The highest BCUT2D eigenvalue weighted by molar-refractivity contribution is 14.2. The third-order valence-corrected chi connectivity index (χ3v) is 2.98. The van der Waals surface area contributed by atoms with Gasteiger partial charge in [-0.05, 0) is 0 Å². The minimum atomic E-state index is -0.188. The lowest BCUT2D eigenvalue weighted by Gasteiger charge is -1.94. The van der Waals surface area contributed by atoms with Crippen molar-refractivity contribution in [2.75, 3.05) is 7.05 Å². The van der Waals surface area contributed by atoms with Crippen LogP contribution in [0.2, 0.25) is 0 Å². The highest BCUT2D eigenvalue weighted by atomic mass is 127. The maximum absolute atomic E-state index is 5.61. The van der Waals surface area contributed by atoms with Gasteiger partial charge in [0.1, 0.15) is 0 Å². The summed E-state index contributed by atoms with van der Waals surface area (Å²) in [7, 11) is 1.83. The van der Waals surface area contributed by atoms with Crippen molar-refractivity contribution < 1.29 is 0 Å². The standard InChI is InChI=1S/C6H9ClIN/c1-5(7)6(8-2)4-9-3/h4,9H,1-2H2,3H3/b6-4+. The van der Waals surface area contributed by atoms with E-state index in [2.05, 4.69) is 16.4 Å². The monoisotopic (exact) mass is 257 g/mol.